The highest BCUT2D eigenvalue weighted by Gasteiger charge is 2.08. The monoisotopic (exact) mass is 268 g/mol. The Bertz CT molecular complexity index is 387. The fourth-order valence-electron chi connectivity index (χ4n) is 1.62. The predicted molar refractivity (Wildman–Crippen MR) is 79.6 cm³/mol. The Hall–Kier alpha value is -1.51. The summed E-state index contributed by atoms with van der Waals surface area (Å²) in [5, 5.41) is 0. The Balaban J connectivity index is 0.00000154. The van der Waals surface area contributed by atoms with Crippen molar-refractivity contribution in [3.8, 4) is 11.5 Å². The van der Waals surface area contributed by atoms with E-state index in [9.17, 15) is 4.39 Å². The van der Waals surface area contributed by atoms with Gasteiger partial charge in [0.15, 0.2) is 0 Å². The van der Waals surface area contributed by atoms with Crippen molar-refractivity contribution >= 4 is 6.08 Å². The molecule has 0 saturated heterocycles. The lowest BCUT2D eigenvalue weighted by molar-refractivity contribution is 0.311. The van der Waals surface area contributed by atoms with Gasteiger partial charge in [-0.2, -0.15) is 0 Å². The van der Waals surface area contributed by atoms with Gasteiger partial charge in [0.25, 0.3) is 0 Å². The van der Waals surface area contributed by atoms with E-state index in [2.05, 4.69) is 6.92 Å². The molecule has 19 heavy (non-hydrogen) atoms. The van der Waals surface area contributed by atoms with E-state index in [4.69, 9.17) is 9.47 Å². The Morgan fingerprint density at radius 3 is 2.32 bits per heavy atom. The molecule has 0 bridgehead atoms. The molecule has 0 saturated carbocycles. The molecular formula is C16H25FO2. The molecule has 108 valence electrons. The van der Waals surface area contributed by atoms with Crippen molar-refractivity contribution < 1.29 is 13.9 Å². The maximum absolute atomic E-state index is 12.3. The first kappa shape index (κ1) is 17.5. The van der Waals surface area contributed by atoms with Crippen molar-refractivity contribution in [2.75, 3.05) is 13.7 Å². The quantitative estimate of drug-likeness (QED) is 0.721. The van der Waals surface area contributed by atoms with E-state index in [1.807, 2.05) is 32.9 Å². The second kappa shape index (κ2) is 10.4. The van der Waals surface area contributed by atoms with Crippen LogP contribution >= 0.6 is 0 Å². The van der Waals surface area contributed by atoms with E-state index in [1.54, 1.807) is 7.11 Å². The number of halogens is 1. The van der Waals surface area contributed by atoms with Crippen molar-refractivity contribution in [2.45, 2.75) is 40.5 Å². The van der Waals surface area contributed by atoms with E-state index in [0.717, 1.165) is 29.7 Å². The van der Waals surface area contributed by atoms with E-state index in [-0.39, 0.29) is 0 Å². The van der Waals surface area contributed by atoms with Crippen LogP contribution in [0.25, 0.3) is 6.08 Å². The zero-order valence-electron chi connectivity index (χ0n) is 12.6. The van der Waals surface area contributed by atoms with E-state index in [1.165, 1.54) is 6.08 Å². The van der Waals surface area contributed by atoms with Gasteiger partial charge in [0.2, 0.25) is 0 Å². The summed E-state index contributed by atoms with van der Waals surface area (Å²) in [6.45, 7) is 8.78. The lowest BCUT2D eigenvalue weighted by atomic mass is 10.1. The number of hydrogen-bond donors (Lipinski definition) is 0. The molecule has 1 aromatic rings. The normalized spacial score (nSPS) is 10.0. The largest absolute Gasteiger partial charge is 0.496 e. The summed E-state index contributed by atoms with van der Waals surface area (Å²) < 4.78 is 23.1. The van der Waals surface area contributed by atoms with E-state index in [0.29, 0.717) is 18.7 Å². The zero-order valence-corrected chi connectivity index (χ0v) is 12.6. The van der Waals surface area contributed by atoms with Gasteiger partial charge in [0.1, 0.15) is 11.5 Å². The van der Waals surface area contributed by atoms with Crippen LogP contribution in [0, 0.1) is 0 Å². The lowest BCUT2D eigenvalue weighted by Crippen LogP contribution is -2.00. The third-order valence-electron chi connectivity index (χ3n) is 2.50. The van der Waals surface area contributed by atoms with Crippen LogP contribution in [0.15, 0.2) is 18.5 Å². The van der Waals surface area contributed by atoms with Gasteiger partial charge in [-0.05, 0) is 30.5 Å². The topological polar surface area (TPSA) is 18.5 Å². The number of aryl methyl sites for hydroxylation is 1. The Morgan fingerprint density at radius 1 is 1.16 bits per heavy atom. The first-order valence-electron chi connectivity index (χ1n) is 6.87. The molecule has 0 aliphatic rings. The standard InChI is InChI=1S/C14H19FO2.C2H6/c1-4-8-17-14-10-13(16-3)12(6-7-15)9-11(14)5-2;1-2/h6-7,9-10H,4-5,8H2,1-3H3;1-2H3/b7-6+;. The fraction of sp³-hybridized carbons (Fsp3) is 0.500. The minimum atomic E-state index is 0.518. The second-order valence-corrected chi connectivity index (χ2v) is 3.70. The Morgan fingerprint density at radius 2 is 1.84 bits per heavy atom. The minimum absolute atomic E-state index is 0.518. The molecule has 0 unspecified atom stereocenters. The van der Waals surface area contributed by atoms with Crippen LogP contribution in [0.5, 0.6) is 11.5 Å². The number of rotatable bonds is 6. The maximum atomic E-state index is 12.3. The molecule has 0 aromatic heterocycles. The molecule has 3 heteroatoms. The van der Waals surface area contributed by atoms with Crippen molar-refractivity contribution in [3.63, 3.8) is 0 Å². The molecule has 0 N–H and O–H groups in total. The highest BCUT2D eigenvalue weighted by Crippen LogP contribution is 2.30. The van der Waals surface area contributed by atoms with Gasteiger partial charge in [-0.15, -0.1) is 0 Å². The summed E-state index contributed by atoms with van der Waals surface area (Å²) in [6.07, 6.45) is 3.71. The number of methoxy groups -OCH3 is 1. The Kier molecular flexibility index (Phi) is 9.59. The molecule has 0 radical (unpaired) electrons. The zero-order chi connectivity index (χ0) is 14.7. The van der Waals surface area contributed by atoms with E-state index >= 15 is 0 Å². The van der Waals surface area contributed by atoms with Gasteiger partial charge >= 0.3 is 0 Å². The summed E-state index contributed by atoms with van der Waals surface area (Å²) in [4.78, 5) is 0. The van der Waals surface area contributed by atoms with Gasteiger partial charge in [0.05, 0.1) is 20.0 Å². The van der Waals surface area contributed by atoms with Crippen molar-refractivity contribution in [1.29, 1.82) is 0 Å². The summed E-state index contributed by atoms with van der Waals surface area (Å²) in [5.74, 6) is 1.45. The highest BCUT2D eigenvalue weighted by molar-refractivity contribution is 5.61. The molecule has 1 aromatic carbocycles. The van der Waals surface area contributed by atoms with Gasteiger partial charge in [-0.1, -0.05) is 27.7 Å². The summed E-state index contributed by atoms with van der Waals surface area (Å²) in [5.41, 5.74) is 1.79. The fourth-order valence-corrected chi connectivity index (χ4v) is 1.62. The summed E-state index contributed by atoms with van der Waals surface area (Å²) in [6, 6.07) is 3.73. The van der Waals surface area contributed by atoms with Crippen LogP contribution in [-0.4, -0.2) is 13.7 Å². The van der Waals surface area contributed by atoms with Gasteiger partial charge in [-0.3, -0.25) is 0 Å². The van der Waals surface area contributed by atoms with Crippen LogP contribution in [0.2, 0.25) is 0 Å². The molecule has 2 nitrogen and oxygen atoms in total. The van der Waals surface area contributed by atoms with Crippen LogP contribution < -0.4 is 9.47 Å². The number of hydrogen-bond acceptors (Lipinski definition) is 2. The van der Waals surface area contributed by atoms with Crippen LogP contribution in [0.3, 0.4) is 0 Å². The Labute approximate surface area is 116 Å². The molecule has 0 spiro atoms. The van der Waals surface area contributed by atoms with Crippen molar-refractivity contribution in [3.05, 3.63) is 29.6 Å². The molecule has 0 atom stereocenters. The van der Waals surface area contributed by atoms with Crippen LogP contribution in [-0.2, 0) is 6.42 Å². The maximum Gasteiger partial charge on any atom is 0.129 e. The number of ether oxygens (including phenoxy) is 2. The third kappa shape index (κ3) is 5.33. The smallest absolute Gasteiger partial charge is 0.129 e. The first-order chi connectivity index (χ1) is 9.26. The molecular weight excluding hydrogens is 243 g/mol. The average Bonchev–Trinajstić information content (AvgIpc) is 2.47. The molecule has 0 fully saturated rings. The molecule has 0 aliphatic carbocycles. The lowest BCUT2D eigenvalue weighted by Gasteiger charge is -2.13. The van der Waals surface area contributed by atoms with Crippen molar-refractivity contribution in [2.24, 2.45) is 0 Å². The SMILES string of the molecule is CC.CCCOc1cc(OC)c(/C=C/F)cc1CC. The van der Waals surface area contributed by atoms with Gasteiger partial charge in [0, 0.05) is 11.6 Å². The summed E-state index contributed by atoms with van der Waals surface area (Å²) in [7, 11) is 1.57. The average molecular weight is 268 g/mol. The third-order valence-corrected chi connectivity index (χ3v) is 2.50. The second-order valence-electron chi connectivity index (χ2n) is 3.70. The first-order valence-corrected chi connectivity index (χ1v) is 6.87. The van der Waals surface area contributed by atoms with Crippen molar-refractivity contribution in [1.82, 2.24) is 0 Å². The van der Waals surface area contributed by atoms with E-state index < -0.39 is 0 Å². The molecule has 0 heterocycles. The number of benzene rings is 1. The summed E-state index contributed by atoms with van der Waals surface area (Å²) >= 11 is 0. The molecule has 1 rings (SSSR count). The van der Waals surface area contributed by atoms with Gasteiger partial charge in [-0.25, -0.2) is 4.39 Å². The van der Waals surface area contributed by atoms with Crippen LogP contribution in [0.1, 0.15) is 45.2 Å². The minimum Gasteiger partial charge on any atom is -0.496 e. The highest BCUT2D eigenvalue weighted by atomic mass is 19.1. The van der Waals surface area contributed by atoms with Gasteiger partial charge < -0.3 is 9.47 Å². The molecule has 0 amide bonds. The molecule has 0 aliphatic heterocycles. The predicted octanol–water partition coefficient (Wildman–Crippen LogP) is 5.01. The van der Waals surface area contributed by atoms with Crippen LogP contribution in [0.4, 0.5) is 4.39 Å².